The van der Waals surface area contributed by atoms with Crippen molar-refractivity contribution in [1.82, 2.24) is 5.32 Å². The molecule has 4 unspecified atom stereocenters. The van der Waals surface area contributed by atoms with E-state index in [2.05, 4.69) is 17.4 Å². The van der Waals surface area contributed by atoms with Crippen LogP contribution in [-0.4, -0.2) is 58.7 Å². The predicted molar refractivity (Wildman–Crippen MR) is 110 cm³/mol. The Morgan fingerprint density at radius 1 is 1.03 bits per heavy atom. The van der Waals surface area contributed by atoms with Crippen molar-refractivity contribution in [2.24, 2.45) is 5.18 Å². The molecular formula is C21H34N2O6. The number of ether oxygens (including phenoxy) is 1. The van der Waals surface area contributed by atoms with Gasteiger partial charge in [0.05, 0.1) is 13.2 Å². The number of rotatable bonds is 16. The average Bonchev–Trinajstić information content (AvgIpc) is 2.75. The Morgan fingerprint density at radius 3 is 2.34 bits per heavy atom. The monoisotopic (exact) mass is 410 g/mol. The Kier molecular flexibility index (Phi) is 13.0. The molecule has 0 aliphatic carbocycles. The molecule has 0 saturated heterocycles. The zero-order valence-electron chi connectivity index (χ0n) is 17.1. The molecule has 1 aromatic rings. The van der Waals surface area contributed by atoms with Gasteiger partial charge in [-0.3, -0.25) is 4.79 Å². The fourth-order valence-corrected chi connectivity index (χ4v) is 2.85. The number of aliphatic hydroxyl groups is 3. The van der Waals surface area contributed by atoms with Gasteiger partial charge >= 0.3 is 0 Å². The summed E-state index contributed by atoms with van der Waals surface area (Å²) in [5.74, 6) is -0.792. The molecule has 0 aliphatic rings. The van der Waals surface area contributed by atoms with Crippen LogP contribution in [0.25, 0.3) is 0 Å². The molecule has 8 heteroatoms. The largest absolute Gasteiger partial charge is 0.388 e. The molecule has 0 radical (unpaired) electrons. The number of nitroso groups, excluding NO2 is 1. The molecule has 8 nitrogen and oxygen atoms in total. The number of benzene rings is 1. The van der Waals surface area contributed by atoms with Crippen LogP contribution in [0, 0.1) is 4.91 Å². The second kappa shape index (κ2) is 15.0. The van der Waals surface area contributed by atoms with Gasteiger partial charge in [0.25, 0.3) is 5.91 Å². The van der Waals surface area contributed by atoms with Crippen molar-refractivity contribution in [1.29, 1.82) is 0 Å². The summed E-state index contributed by atoms with van der Waals surface area (Å²) in [5.41, 5.74) is 0.876. The van der Waals surface area contributed by atoms with Gasteiger partial charge < -0.3 is 25.4 Å². The first-order chi connectivity index (χ1) is 14.0. The first kappa shape index (κ1) is 25.2. The van der Waals surface area contributed by atoms with Gasteiger partial charge in [-0.1, -0.05) is 74.5 Å². The number of hydrogen-bond donors (Lipinski definition) is 4. The number of carbonyl (C=O) groups excluding carboxylic acids is 1. The Bertz CT molecular complexity index is 572. The standard InChI is InChI=1S/C21H34N2O6/c1-2-3-4-5-6-10-13-22-21(27)20(26)19(25)18(24)17(23-28)15-29-14-16-11-8-7-9-12-16/h7-9,11-12,17-20,24-26H,2-6,10,13-15H2,1H3,(H,22,27). The van der Waals surface area contributed by atoms with Gasteiger partial charge in [0, 0.05) is 6.54 Å². The van der Waals surface area contributed by atoms with E-state index in [1.165, 1.54) is 6.42 Å². The van der Waals surface area contributed by atoms with E-state index in [-0.39, 0.29) is 13.2 Å². The molecule has 0 saturated carbocycles. The fourth-order valence-electron chi connectivity index (χ4n) is 2.85. The van der Waals surface area contributed by atoms with Crippen molar-refractivity contribution in [2.45, 2.75) is 76.4 Å². The fraction of sp³-hybridized carbons (Fsp3) is 0.667. The van der Waals surface area contributed by atoms with Crippen LogP contribution in [0.1, 0.15) is 51.0 Å². The molecule has 164 valence electrons. The van der Waals surface area contributed by atoms with E-state index < -0.39 is 30.3 Å². The van der Waals surface area contributed by atoms with Crippen LogP contribution in [-0.2, 0) is 16.1 Å². The summed E-state index contributed by atoms with van der Waals surface area (Å²) in [6, 6.07) is 7.91. The third kappa shape index (κ3) is 9.94. The van der Waals surface area contributed by atoms with E-state index in [0.717, 1.165) is 37.7 Å². The topological polar surface area (TPSA) is 128 Å². The van der Waals surface area contributed by atoms with Crippen molar-refractivity contribution in [3.8, 4) is 0 Å². The second-order valence-electron chi connectivity index (χ2n) is 7.16. The molecule has 0 bridgehead atoms. The van der Waals surface area contributed by atoms with E-state index in [4.69, 9.17) is 4.74 Å². The minimum absolute atomic E-state index is 0.205. The predicted octanol–water partition coefficient (Wildman–Crippen LogP) is 1.90. The highest BCUT2D eigenvalue weighted by Crippen LogP contribution is 2.11. The summed E-state index contributed by atoms with van der Waals surface area (Å²) >= 11 is 0. The third-order valence-corrected chi connectivity index (χ3v) is 4.70. The van der Waals surface area contributed by atoms with Crippen molar-refractivity contribution in [3.05, 3.63) is 40.8 Å². The lowest BCUT2D eigenvalue weighted by Crippen LogP contribution is -2.51. The number of nitrogens with zero attached hydrogens (tertiary/aromatic N) is 1. The van der Waals surface area contributed by atoms with Gasteiger partial charge in [-0.2, -0.15) is 4.91 Å². The molecule has 4 N–H and O–H groups in total. The zero-order chi connectivity index (χ0) is 21.5. The summed E-state index contributed by atoms with van der Waals surface area (Å²) < 4.78 is 5.36. The molecule has 0 heterocycles. The van der Waals surface area contributed by atoms with Crippen LogP contribution in [0.3, 0.4) is 0 Å². The van der Waals surface area contributed by atoms with Crippen LogP contribution in [0.15, 0.2) is 35.5 Å². The minimum atomic E-state index is -1.86. The molecule has 29 heavy (non-hydrogen) atoms. The van der Waals surface area contributed by atoms with Gasteiger partial charge in [-0.05, 0) is 12.0 Å². The van der Waals surface area contributed by atoms with Gasteiger partial charge in [0.2, 0.25) is 0 Å². The lowest BCUT2D eigenvalue weighted by atomic mass is 10.0. The van der Waals surface area contributed by atoms with Gasteiger partial charge in [-0.15, -0.1) is 0 Å². The smallest absolute Gasteiger partial charge is 0.251 e. The molecule has 0 aliphatic heterocycles. The number of aliphatic hydroxyl groups excluding tert-OH is 3. The molecule has 1 rings (SSSR count). The number of unbranched alkanes of at least 4 members (excludes halogenated alkanes) is 5. The van der Waals surface area contributed by atoms with Gasteiger partial charge in [-0.25, -0.2) is 0 Å². The number of hydrogen-bond acceptors (Lipinski definition) is 7. The van der Waals surface area contributed by atoms with E-state index in [0.29, 0.717) is 6.54 Å². The zero-order valence-corrected chi connectivity index (χ0v) is 17.1. The van der Waals surface area contributed by atoms with Crippen molar-refractivity contribution >= 4 is 5.91 Å². The SMILES string of the molecule is CCCCCCCCNC(=O)C(O)C(O)C(O)C(COCc1ccccc1)N=O. The molecule has 1 amide bonds. The highest BCUT2D eigenvalue weighted by atomic mass is 16.5. The van der Waals surface area contributed by atoms with Crippen molar-refractivity contribution in [3.63, 3.8) is 0 Å². The quantitative estimate of drug-likeness (QED) is 0.243. The molecule has 1 aromatic carbocycles. The van der Waals surface area contributed by atoms with E-state index >= 15 is 0 Å². The maximum absolute atomic E-state index is 12.0. The summed E-state index contributed by atoms with van der Waals surface area (Å²) in [6.45, 7) is 2.47. The average molecular weight is 411 g/mol. The Morgan fingerprint density at radius 2 is 1.69 bits per heavy atom. The highest BCUT2D eigenvalue weighted by Gasteiger charge is 2.35. The molecule has 0 spiro atoms. The molecule has 4 atom stereocenters. The number of amides is 1. The van der Waals surface area contributed by atoms with Crippen LogP contribution in [0.2, 0.25) is 0 Å². The van der Waals surface area contributed by atoms with Gasteiger partial charge in [0.15, 0.2) is 6.10 Å². The summed E-state index contributed by atoms with van der Waals surface area (Å²) in [7, 11) is 0. The third-order valence-electron chi connectivity index (χ3n) is 4.70. The Balaban J connectivity index is 2.34. The number of carbonyl (C=O) groups is 1. The molecule has 0 aromatic heterocycles. The maximum Gasteiger partial charge on any atom is 0.251 e. The first-order valence-electron chi connectivity index (χ1n) is 10.3. The van der Waals surface area contributed by atoms with E-state index in [9.17, 15) is 25.0 Å². The Hall–Kier alpha value is -1.87. The van der Waals surface area contributed by atoms with Crippen LogP contribution >= 0.6 is 0 Å². The lowest BCUT2D eigenvalue weighted by molar-refractivity contribution is -0.142. The van der Waals surface area contributed by atoms with E-state index in [1.807, 2.05) is 30.3 Å². The van der Waals surface area contributed by atoms with Gasteiger partial charge in [0.1, 0.15) is 18.2 Å². The second-order valence-corrected chi connectivity index (χ2v) is 7.16. The number of nitrogens with one attached hydrogen (secondary N) is 1. The first-order valence-corrected chi connectivity index (χ1v) is 10.3. The summed E-state index contributed by atoms with van der Waals surface area (Å²) in [5, 5.41) is 35.4. The van der Waals surface area contributed by atoms with Crippen LogP contribution < -0.4 is 5.32 Å². The van der Waals surface area contributed by atoms with Crippen LogP contribution in [0.5, 0.6) is 0 Å². The molecular weight excluding hydrogens is 376 g/mol. The van der Waals surface area contributed by atoms with Crippen LogP contribution in [0.4, 0.5) is 0 Å². The normalized spacial score (nSPS) is 15.3. The molecule has 0 fully saturated rings. The highest BCUT2D eigenvalue weighted by molar-refractivity contribution is 5.81. The van der Waals surface area contributed by atoms with Crippen molar-refractivity contribution in [2.75, 3.05) is 13.2 Å². The minimum Gasteiger partial charge on any atom is -0.388 e. The Labute approximate surface area is 172 Å². The summed E-state index contributed by atoms with van der Waals surface area (Å²) in [6.07, 6.45) is 0.912. The summed E-state index contributed by atoms with van der Waals surface area (Å²) in [4.78, 5) is 23.0. The van der Waals surface area contributed by atoms with E-state index in [1.54, 1.807) is 0 Å². The van der Waals surface area contributed by atoms with Crippen molar-refractivity contribution < 1.29 is 24.9 Å². The maximum atomic E-state index is 12.0. The lowest BCUT2D eigenvalue weighted by Gasteiger charge is -2.25.